The molecule has 2 atom stereocenters. The van der Waals surface area contributed by atoms with Crippen LogP contribution in [0.3, 0.4) is 0 Å². The fraction of sp³-hybridized carbons (Fsp3) is 0.681. The predicted molar refractivity (Wildman–Crippen MR) is 225 cm³/mol. The van der Waals surface area contributed by atoms with Crippen molar-refractivity contribution in [1.29, 1.82) is 0 Å². The largest absolute Gasteiger partial charge is 0.394 e. The monoisotopic (exact) mass is 708 g/mol. The quantitative estimate of drug-likeness (QED) is 0.0445. The smallest absolute Gasteiger partial charge is 0.220 e. The van der Waals surface area contributed by atoms with Crippen molar-refractivity contribution in [3.05, 3.63) is 85.1 Å². The maximum absolute atomic E-state index is 12.4. The molecule has 0 aromatic carbocycles. The van der Waals surface area contributed by atoms with E-state index in [1.807, 2.05) is 6.08 Å². The number of allylic oxidation sites excluding steroid dienone is 13. The summed E-state index contributed by atoms with van der Waals surface area (Å²) < 4.78 is 0. The Balaban J connectivity index is 3.69. The summed E-state index contributed by atoms with van der Waals surface area (Å²) in [6.07, 6.45) is 61.1. The molecule has 4 nitrogen and oxygen atoms in total. The van der Waals surface area contributed by atoms with Gasteiger partial charge >= 0.3 is 0 Å². The number of hydrogen-bond donors (Lipinski definition) is 3. The summed E-state index contributed by atoms with van der Waals surface area (Å²) in [6, 6.07) is -0.649. The highest BCUT2D eigenvalue weighted by Gasteiger charge is 2.17. The minimum Gasteiger partial charge on any atom is -0.394 e. The molecule has 0 bridgehead atoms. The Labute approximate surface area is 316 Å². The number of hydrogen-bond acceptors (Lipinski definition) is 3. The molecule has 0 rings (SSSR count). The van der Waals surface area contributed by atoms with E-state index < -0.39 is 12.1 Å². The van der Waals surface area contributed by atoms with Crippen molar-refractivity contribution in [2.45, 2.75) is 199 Å². The molecular formula is C47H81NO3. The maximum atomic E-state index is 12.4. The van der Waals surface area contributed by atoms with Crippen molar-refractivity contribution in [1.82, 2.24) is 5.32 Å². The van der Waals surface area contributed by atoms with Gasteiger partial charge in [-0.2, -0.15) is 0 Å². The van der Waals surface area contributed by atoms with Gasteiger partial charge < -0.3 is 15.5 Å². The third-order valence-electron chi connectivity index (χ3n) is 9.11. The average molecular weight is 708 g/mol. The molecule has 0 spiro atoms. The first-order valence-corrected chi connectivity index (χ1v) is 21.3. The number of carbonyl (C=O) groups excluding carboxylic acids is 1. The Hall–Kier alpha value is -2.43. The molecule has 0 heterocycles. The zero-order chi connectivity index (χ0) is 37.1. The van der Waals surface area contributed by atoms with Gasteiger partial charge in [0.2, 0.25) is 5.91 Å². The van der Waals surface area contributed by atoms with Crippen molar-refractivity contribution in [2.24, 2.45) is 0 Å². The normalized spacial score (nSPS) is 13.9. The Morgan fingerprint density at radius 1 is 0.490 bits per heavy atom. The summed E-state index contributed by atoms with van der Waals surface area (Å²) in [7, 11) is 0. The summed E-state index contributed by atoms with van der Waals surface area (Å²) in [5.74, 6) is -0.0894. The van der Waals surface area contributed by atoms with E-state index in [-0.39, 0.29) is 12.5 Å². The molecule has 0 saturated heterocycles. The maximum Gasteiger partial charge on any atom is 0.220 e. The van der Waals surface area contributed by atoms with Crippen LogP contribution in [0.25, 0.3) is 0 Å². The highest BCUT2D eigenvalue weighted by molar-refractivity contribution is 5.76. The summed E-state index contributed by atoms with van der Waals surface area (Å²) in [5, 5.41) is 23.0. The van der Waals surface area contributed by atoms with Gasteiger partial charge in [-0.05, 0) is 77.0 Å². The molecule has 0 aliphatic heterocycles. The van der Waals surface area contributed by atoms with Crippen molar-refractivity contribution in [3.8, 4) is 0 Å². The van der Waals surface area contributed by atoms with E-state index in [2.05, 4.69) is 92.1 Å². The lowest BCUT2D eigenvalue weighted by Crippen LogP contribution is -2.45. The van der Waals surface area contributed by atoms with E-state index in [0.29, 0.717) is 6.42 Å². The van der Waals surface area contributed by atoms with Crippen LogP contribution in [0.5, 0.6) is 0 Å². The van der Waals surface area contributed by atoms with Crippen LogP contribution < -0.4 is 5.32 Å². The first kappa shape index (κ1) is 48.6. The lowest BCUT2D eigenvalue weighted by molar-refractivity contribution is -0.123. The summed E-state index contributed by atoms with van der Waals surface area (Å²) in [5.41, 5.74) is 0. The van der Waals surface area contributed by atoms with Crippen LogP contribution >= 0.6 is 0 Å². The highest BCUT2D eigenvalue weighted by Crippen LogP contribution is 2.13. The number of aliphatic hydroxyl groups is 2. The first-order valence-electron chi connectivity index (χ1n) is 21.3. The average Bonchev–Trinajstić information content (AvgIpc) is 3.13. The van der Waals surface area contributed by atoms with Gasteiger partial charge in [-0.15, -0.1) is 0 Å². The Morgan fingerprint density at radius 2 is 0.882 bits per heavy atom. The molecule has 4 heteroatoms. The minimum atomic E-state index is -0.871. The molecule has 1 amide bonds. The van der Waals surface area contributed by atoms with Gasteiger partial charge in [0.1, 0.15) is 0 Å². The highest BCUT2D eigenvalue weighted by atomic mass is 16.3. The van der Waals surface area contributed by atoms with Crippen LogP contribution in [-0.4, -0.2) is 34.9 Å². The van der Waals surface area contributed by atoms with E-state index in [1.54, 1.807) is 6.08 Å². The molecule has 51 heavy (non-hydrogen) atoms. The van der Waals surface area contributed by atoms with E-state index in [1.165, 1.54) is 89.9 Å². The van der Waals surface area contributed by atoms with E-state index in [9.17, 15) is 15.0 Å². The molecule has 3 N–H and O–H groups in total. The van der Waals surface area contributed by atoms with Gasteiger partial charge in [0.15, 0.2) is 0 Å². The van der Waals surface area contributed by atoms with Crippen LogP contribution in [0.2, 0.25) is 0 Å². The van der Waals surface area contributed by atoms with Crippen molar-refractivity contribution >= 4 is 5.91 Å². The summed E-state index contributed by atoms with van der Waals surface area (Å²) >= 11 is 0. The van der Waals surface area contributed by atoms with Gasteiger partial charge in [-0.25, -0.2) is 0 Å². The second kappa shape index (κ2) is 42.0. The van der Waals surface area contributed by atoms with Crippen molar-refractivity contribution in [2.75, 3.05) is 6.61 Å². The molecule has 0 aromatic heterocycles. The number of amides is 1. The lowest BCUT2D eigenvalue weighted by atomic mass is 10.1. The van der Waals surface area contributed by atoms with Crippen molar-refractivity contribution < 1.29 is 15.0 Å². The second-order valence-corrected chi connectivity index (χ2v) is 14.0. The molecule has 0 aromatic rings. The summed E-state index contributed by atoms with van der Waals surface area (Å²) in [6.45, 7) is 4.16. The fourth-order valence-corrected chi connectivity index (χ4v) is 5.87. The minimum absolute atomic E-state index is 0.0894. The number of aliphatic hydroxyl groups excluding tert-OH is 2. The first-order chi connectivity index (χ1) is 25.2. The Kier molecular flexibility index (Phi) is 40.0. The lowest BCUT2D eigenvalue weighted by Gasteiger charge is -2.19. The third kappa shape index (κ3) is 38.6. The summed E-state index contributed by atoms with van der Waals surface area (Å²) in [4.78, 5) is 12.4. The molecule has 2 unspecified atom stereocenters. The van der Waals surface area contributed by atoms with Gasteiger partial charge in [0.05, 0.1) is 18.8 Å². The van der Waals surface area contributed by atoms with Gasteiger partial charge in [0, 0.05) is 6.42 Å². The third-order valence-corrected chi connectivity index (χ3v) is 9.11. The number of nitrogens with one attached hydrogen (secondary N) is 1. The molecule has 0 fully saturated rings. The predicted octanol–water partition coefficient (Wildman–Crippen LogP) is 13.3. The van der Waals surface area contributed by atoms with Crippen LogP contribution in [0.15, 0.2) is 85.1 Å². The molecule has 292 valence electrons. The number of carbonyl (C=O) groups is 1. The van der Waals surface area contributed by atoms with Gasteiger partial charge in [0.25, 0.3) is 0 Å². The zero-order valence-electron chi connectivity index (χ0n) is 33.3. The van der Waals surface area contributed by atoms with Crippen molar-refractivity contribution in [3.63, 3.8) is 0 Å². The molecule has 0 saturated carbocycles. The standard InChI is InChI=1S/C47H81NO3/c1-3-5-7-9-11-13-15-17-19-21-22-23-24-25-26-27-29-31-33-35-37-39-41-43-47(51)48-45(44-49)46(50)42-40-38-36-34-32-30-28-20-18-16-14-12-10-8-6-4-2/h5,7,11,13,17,19,22-23,25-26,32,34,40,42,45-46,49-50H,3-4,6,8-10,12,14-16,18,20-21,24,27-31,33,35-39,41,43-44H2,1-2H3,(H,48,51)/b7-5-,13-11-,19-17-,23-22-,26-25-,34-32+,42-40+. The van der Waals surface area contributed by atoms with Crippen LogP contribution in [-0.2, 0) is 4.79 Å². The van der Waals surface area contributed by atoms with Crippen LogP contribution in [0.1, 0.15) is 187 Å². The van der Waals surface area contributed by atoms with Crippen LogP contribution in [0, 0.1) is 0 Å². The van der Waals surface area contributed by atoms with Gasteiger partial charge in [-0.3, -0.25) is 4.79 Å². The second-order valence-electron chi connectivity index (χ2n) is 14.0. The van der Waals surface area contributed by atoms with E-state index in [0.717, 1.165) is 77.0 Å². The fourth-order valence-electron chi connectivity index (χ4n) is 5.87. The van der Waals surface area contributed by atoms with Crippen LogP contribution in [0.4, 0.5) is 0 Å². The van der Waals surface area contributed by atoms with E-state index in [4.69, 9.17) is 0 Å². The molecule has 0 aliphatic rings. The molecule has 0 radical (unpaired) electrons. The Bertz CT molecular complexity index is 941. The molecular weight excluding hydrogens is 627 g/mol. The number of unbranched alkanes of at least 4 members (excludes halogenated alkanes) is 18. The van der Waals surface area contributed by atoms with E-state index >= 15 is 0 Å². The van der Waals surface area contributed by atoms with Gasteiger partial charge in [-0.1, -0.05) is 189 Å². The SMILES string of the molecule is CC/C=C\C/C=C\C/C=C\C/C=C\C/C=C\CCCCCCCCCC(=O)NC(CO)C(O)/C=C/CC/C=C/CCCCCCCCCCCC. The number of rotatable bonds is 37. The zero-order valence-corrected chi connectivity index (χ0v) is 33.3. The molecule has 0 aliphatic carbocycles. The Morgan fingerprint density at radius 3 is 1.37 bits per heavy atom. The topological polar surface area (TPSA) is 69.6 Å².